The van der Waals surface area contributed by atoms with E-state index in [1.807, 2.05) is 24.3 Å². The molecule has 0 unspecified atom stereocenters. The second-order valence-electron chi connectivity index (χ2n) is 4.43. The summed E-state index contributed by atoms with van der Waals surface area (Å²) in [5.41, 5.74) is 1.81. The molecule has 106 valence electrons. The summed E-state index contributed by atoms with van der Waals surface area (Å²) in [5, 5.41) is 25.5. The summed E-state index contributed by atoms with van der Waals surface area (Å²) in [6.07, 6.45) is 0. The van der Waals surface area contributed by atoms with Gasteiger partial charge in [-0.3, -0.25) is 4.79 Å². The molecule has 0 atom stereocenters. The average molecular weight is 290 g/mol. The summed E-state index contributed by atoms with van der Waals surface area (Å²) in [7, 11) is 0. The van der Waals surface area contributed by atoms with Crippen LogP contribution in [-0.4, -0.2) is 26.5 Å². The average Bonchev–Trinajstić information content (AvgIpc) is 3.09. The van der Waals surface area contributed by atoms with E-state index in [0.29, 0.717) is 22.6 Å². The van der Waals surface area contributed by atoms with Crippen LogP contribution < -0.4 is 5.32 Å². The van der Waals surface area contributed by atoms with Gasteiger partial charge in [-0.2, -0.15) is 10.5 Å². The van der Waals surface area contributed by atoms with Gasteiger partial charge >= 0.3 is 0 Å². The lowest BCUT2D eigenvalue weighted by Crippen LogP contribution is -2.13. The zero-order valence-electron chi connectivity index (χ0n) is 11.3. The van der Waals surface area contributed by atoms with Crippen molar-refractivity contribution in [3.05, 3.63) is 59.7 Å². The third kappa shape index (κ3) is 2.66. The number of carbonyl (C=O) groups excluding carboxylic acids is 1. The SMILES string of the molecule is N#Cc1cc(-c2nn[nH]n2)ccc1C(=O)Nc1ccccc1. The number of anilines is 1. The van der Waals surface area contributed by atoms with Crippen molar-refractivity contribution in [1.29, 1.82) is 5.26 Å². The molecule has 0 bridgehead atoms. The molecule has 1 aromatic heterocycles. The van der Waals surface area contributed by atoms with E-state index >= 15 is 0 Å². The number of H-pyrrole nitrogens is 1. The highest BCUT2D eigenvalue weighted by Gasteiger charge is 2.14. The maximum Gasteiger partial charge on any atom is 0.257 e. The summed E-state index contributed by atoms with van der Waals surface area (Å²) in [6.45, 7) is 0. The first-order valence-corrected chi connectivity index (χ1v) is 6.42. The van der Waals surface area contributed by atoms with Crippen molar-refractivity contribution in [2.45, 2.75) is 0 Å². The molecular formula is C15H10N6O. The number of tetrazole rings is 1. The van der Waals surface area contributed by atoms with Crippen molar-refractivity contribution in [1.82, 2.24) is 20.6 Å². The zero-order chi connectivity index (χ0) is 15.4. The van der Waals surface area contributed by atoms with Gasteiger partial charge < -0.3 is 5.32 Å². The first-order chi connectivity index (χ1) is 10.8. The van der Waals surface area contributed by atoms with E-state index in [1.165, 1.54) is 0 Å². The summed E-state index contributed by atoms with van der Waals surface area (Å²) >= 11 is 0. The molecule has 0 aliphatic rings. The molecule has 7 heteroatoms. The Labute approximate surface area is 125 Å². The fourth-order valence-electron chi connectivity index (χ4n) is 1.98. The van der Waals surface area contributed by atoms with Crippen molar-refractivity contribution in [2.24, 2.45) is 0 Å². The molecule has 3 rings (SSSR count). The van der Waals surface area contributed by atoms with Gasteiger partial charge in [0.05, 0.1) is 17.2 Å². The molecule has 0 saturated carbocycles. The van der Waals surface area contributed by atoms with Crippen molar-refractivity contribution < 1.29 is 4.79 Å². The zero-order valence-corrected chi connectivity index (χ0v) is 11.3. The van der Waals surface area contributed by atoms with Crippen LogP contribution in [0, 0.1) is 11.3 Å². The smallest absolute Gasteiger partial charge is 0.257 e. The van der Waals surface area contributed by atoms with Gasteiger partial charge in [0.1, 0.15) is 0 Å². The van der Waals surface area contributed by atoms with Crippen LogP contribution in [0.25, 0.3) is 11.4 Å². The summed E-state index contributed by atoms with van der Waals surface area (Å²) in [4.78, 5) is 12.3. The third-order valence-corrected chi connectivity index (χ3v) is 3.02. The second kappa shape index (κ2) is 5.85. The van der Waals surface area contributed by atoms with Crippen molar-refractivity contribution in [3.63, 3.8) is 0 Å². The van der Waals surface area contributed by atoms with E-state index in [9.17, 15) is 10.1 Å². The van der Waals surface area contributed by atoms with Crippen LogP contribution >= 0.6 is 0 Å². The fraction of sp³-hybridized carbons (Fsp3) is 0. The minimum absolute atomic E-state index is 0.246. The molecule has 0 saturated heterocycles. The summed E-state index contributed by atoms with van der Waals surface area (Å²) in [6, 6.07) is 15.9. The van der Waals surface area contributed by atoms with Gasteiger partial charge in [-0.15, -0.1) is 10.2 Å². The molecule has 0 aliphatic carbocycles. The Kier molecular flexibility index (Phi) is 3.58. The number of hydrogen-bond acceptors (Lipinski definition) is 5. The van der Waals surface area contributed by atoms with Crippen LogP contribution in [0.5, 0.6) is 0 Å². The summed E-state index contributed by atoms with van der Waals surface area (Å²) in [5.74, 6) is 0.0222. The van der Waals surface area contributed by atoms with Crippen LogP contribution in [0.2, 0.25) is 0 Å². The van der Waals surface area contributed by atoms with Crippen molar-refractivity contribution in [3.8, 4) is 17.5 Å². The number of nitriles is 1. The molecule has 2 N–H and O–H groups in total. The Hall–Kier alpha value is -3.53. The van der Waals surface area contributed by atoms with E-state index in [0.717, 1.165) is 0 Å². The lowest BCUT2D eigenvalue weighted by molar-refractivity contribution is 0.102. The molecule has 2 aromatic carbocycles. The molecule has 0 spiro atoms. The van der Waals surface area contributed by atoms with E-state index in [1.54, 1.807) is 30.3 Å². The van der Waals surface area contributed by atoms with Gasteiger partial charge in [0, 0.05) is 11.3 Å². The van der Waals surface area contributed by atoms with E-state index in [-0.39, 0.29) is 11.5 Å². The molecule has 3 aromatic rings. The predicted molar refractivity (Wildman–Crippen MR) is 78.7 cm³/mol. The van der Waals surface area contributed by atoms with Gasteiger partial charge in [-0.05, 0) is 29.5 Å². The van der Waals surface area contributed by atoms with E-state index in [4.69, 9.17) is 0 Å². The molecule has 0 fully saturated rings. The Morgan fingerprint density at radius 3 is 2.68 bits per heavy atom. The fourth-order valence-corrected chi connectivity index (χ4v) is 1.98. The summed E-state index contributed by atoms with van der Waals surface area (Å²) < 4.78 is 0. The quantitative estimate of drug-likeness (QED) is 0.767. The maximum absolute atomic E-state index is 12.3. The van der Waals surface area contributed by atoms with Gasteiger partial charge in [-0.25, -0.2) is 0 Å². The Morgan fingerprint density at radius 2 is 2.00 bits per heavy atom. The normalized spacial score (nSPS) is 9.95. The highest BCUT2D eigenvalue weighted by Crippen LogP contribution is 2.19. The van der Waals surface area contributed by atoms with Gasteiger partial charge in [0.2, 0.25) is 5.82 Å². The van der Waals surface area contributed by atoms with Gasteiger partial charge in [0.15, 0.2) is 0 Å². The standard InChI is InChI=1S/C15H10N6O/c16-9-11-8-10(14-18-20-21-19-14)6-7-13(11)15(22)17-12-4-2-1-3-5-12/h1-8H,(H,17,22)(H,18,19,20,21). The molecule has 1 heterocycles. The van der Waals surface area contributed by atoms with Crippen molar-refractivity contribution in [2.75, 3.05) is 5.32 Å². The number of carbonyl (C=O) groups is 1. The van der Waals surface area contributed by atoms with Crippen LogP contribution in [-0.2, 0) is 0 Å². The number of para-hydroxylation sites is 1. The van der Waals surface area contributed by atoms with Gasteiger partial charge in [0.25, 0.3) is 5.91 Å². The molecule has 0 aliphatic heterocycles. The van der Waals surface area contributed by atoms with Crippen LogP contribution in [0.4, 0.5) is 5.69 Å². The first-order valence-electron chi connectivity index (χ1n) is 6.42. The first kappa shape index (κ1) is 13.5. The highest BCUT2D eigenvalue weighted by molar-refractivity contribution is 6.06. The minimum atomic E-state index is -0.345. The number of aromatic amines is 1. The predicted octanol–water partition coefficient (Wildman–Crippen LogP) is 1.99. The lowest BCUT2D eigenvalue weighted by Gasteiger charge is -2.07. The monoisotopic (exact) mass is 290 g/mol. The van der Waals surface area contributed by atoms with Crippen LogP contribution in [0.3, 0.4) is 0 Å². The number of nitrogens with zero attached hydrogens (tertiary/aromatic N) is 4. The Balaban J connectivity index is 1.91. The largest absolute Gasteiger partial charge is 0.322 e. The van der Waals surface area contributed by atoms with Crippen molar-refractivity contribution >= 4 is 11.6 Å². The second-order valence-corrected chi connectivity index (χ2v) is 4.43. The minimum Gasteiger partial charge on any atom is -0.322 e. The van der Waals surface area contributed by atoms with Crippen LogP contribution in [0.15, 0.2) is 48.5 Å². The Morgan fingerprint density at radius 1 is 1.18 bits per heavy atom. The third-order valence-electron chi connectivity index (χ3n) is 3.02. The highest BCUT2D eigenvalue weighted by atomic mass is 16.1. The lowest BCUT2D eigenvalue weighted by atomic mass is 10.0. The number of aromatic nitrogens is 4. The molecular weight excluding hydrogens is 280 g/mol. The van der Waals surface area contributed by atoms with E-state index < -0.39 is 0 Å². The number of nitrogens with one attached hydrogen (secondary N) is 2. The molecule has 1 amide bonds. The number of benzene rings is 2. The molecule has 0 radical (unpaired) electrons. The molecule has 22 heavy (non-hydrogen) atoms. The van der Waals surface area contributed by atoms with Gasteiger partial charge in [-0.1, -0.05) is 24.3 Å². The number of rotatable bonds is 3. The maximum atomic E-state index is 12.3. The topological polar surface area (TPSA) is 107 Å². The van der Waals surface area contributed by atoms with E-state index in [2.05, 4.69) is 25.9 Å². The Bertz CT molecular complexity index is 836. The molecule has 7 nitrogen and oxygen atoms in total. The van der Waals surface area contributed by atoms with Crippen LogP contribution in [0.1, 0.15) is 15.9 Å². The number of hydrogen-bond donors (Lipinski definition) is 2. The number of amides is 1.